The Balaban J connectivity index is 2.08. The SMILES string of the molecule is COC(=O)C(Nc1cccc(NC(C)=O)c1)C1CC1. The number of hydrogen-bond donors (Lipinski definition) is 2. The minimum atomic E-state index is -0.308. The maximum atomic E-state index is 11.7. The maximum Gasteiger partial charge on any atom is 0.328 e. The van der Waals surface area contributed by atoms with Gasteiger partial charge in [0.2, 0.25) is 5.91 Å². The molecule has 0 heterocycles. The fourth-order valence-electron chi connectivity index (χ4n) is 2.00. The highest BCUT2D eigenvalue weighted by molar-refractivity contribution is 5.89. The second-order valence-corrected chi connectivity index (χ2v) is 4.74. The molecular weight excluding hydrogens is 244 g/mol. The standard InChI is InChI=1S/C14H18N2O3/c1-9(17)15-11-4-3-5-12(8-11)16-13(10-6-7-10)14(18)19-2/h3-5,8,10,13,16H,6-7H2,1-2H3,(H,15,17). The van der Waals surface area contributed by atoms with E-state index >= 15 is 0 Å². The molecule has 2 rings (SSSR count). The summed E-state index contributed by atoms with van der Waals surface area (Å²) in [6.07, 6.45) is 2.08. The zero-order valence-corrected chi connectivity index (χ0v) is 11.1. The quantitative estimate of drug-likeness (QED) is 0.796. The van der Waals surface area contributed by atoms with Crippen LogP contribution in [-0.2, 0) is 14.3 Å². The van der Waals surface area contributed by atoms with Crippen molar-refractivity contribution >= 4 is 23.3 Å². The number of hydrogen-bond acceptors (Lipinski definition) is 4. The summed E-state index contributed by atoms with van der Waals surface area (Å²) in [6.45, 7) is 1.46. The van der Waals surface area contributed by atoms with E-state index in [-0.39, 0.29) is 17.9 Å². The summed E-state index contributed by atoms with van der Waals surface area (Å²) in [5.74, 6) is -0.0202. The number of methoxy groups -OCH3 is 1. The summed E-state index contributed by atoms with van der Waals surface area (Å²) in [7, 11) is 1.40. The van der Waals surface area contributed by atoms with Crippen LogP contribution in [0.4, 0.5) is 11.4 Å². The van der Waals surface area contributed by atoms with Crippen LogP contribution in [0.15, 0.2) is 24.3 Å². The molecule has 1 amide bonds. The smallest absolute Gasteiger partial charge is 0.328 e. The number of ether oxygens (including phenoxy) is 1. The molecule has 1 aromatic rings. The van der Waals surface area contributed by atoms with Gasteiger partial charge in [-0.25, -0.2) is 4.79 Å². The van der Waals surface area contributed by atoms with Gasteiger partial charge >= 0.3 is 5.97 Å². The molecule has 1 unspecified atom stereocenters. The van der Waals surface area contributed by atoms with Crippen molar-refractivity contribution in [2.45, 2.75) is 25.8 Å². The van der Waals surface area contributed by atoms with Gasteiger partial charge in [-0.3, -0.25) is 4.79 Å². The minimum Gasteiger partial charge on any atom is -0.467 e. The highest BCUT2D eigenvalue weighted by atomic mass is 16.5. The normalized spacial score (nSPS) is 15.5. The Morgan fingerprint density at radius 1 is 1.32 bits per heavy atom. The van der Waals surface area contributed by atoms with E-state index < -0.39 is 0 Å². The predicted octanol–water partition coefficient (Wildman–Crippen LogP) is 2.01. The third kappa shape index (κ3) is 3.71. The molecule has 0 aliphatic heterocycles. The van der Waals surface area contributed by atoms with Crippen LogP contribution in [0.2, 0.25) is 0 Å². The van der Waals surface area contributed by atoms with E-state index in [9.17, 15) is 9.59 Å². The van der Waals surface area contributed by atoms with E-state index in [0.717, 1.165) is 18.5 Å². The van der Waals surface area contributed by atoms with Gasteiger partial charge < -0.3 is 15.4 Å². The summed E-state index contributed by atoms with van der Waals surface area (Å²) < 4.78 is 4.81. The van der Waals surface area contributed by atoms with Crippen LogP contribution in [0, 0.1) is 5.92 Å². The molecule has 2 N–H and O–H groups in total. The Bertz CT molecular complexity index is 483. The third-order valence-electron chi connectivity index (χ3n) is 3.05. The highest BCUT2D eigenvalue weighted by Gasteiger charge is 2.36. The predicted molar refractivity (Wildman–Crippen MR) is 72.9 cm³/mol. The molecule has 0 radical (unpaired) electrons. The first-order valence-corrected chi connectivity index (χ1v) is 6.32. The summed E-state index contributed by atoms with van der Waals surface area (Å²) >= 11 is 0. The molecule has 0 saturated heterocycles. The van der Waals surface area contributed by atoms with Gasteiger partial charge in [0.15, 0.2) is 0 Å². The van der Waals surface area contributed by atoms with Gasteiger partial charge in [0.05, 0.1) is 7.11 Å². The van der Waals surface area contributed by atoms with Crippen LogP contribution in [0.3, 0.4) is 0 Å². The van der Waals surface area contributed by atoms with Crippen molar-refractivity contribution in [3.63, 3.8) is 0 Å². The Hall–Kier alpha value is -2.04. The molecule has 1 aromatic carbocycles. The van der Waals surface area contributed by atoms with Crippen molar-refractivity contribution < 1.29 is 14.3 Å². The monoisotopic (exact) mass is 262 g/mol. The molecule has 0 bridgehead atoms. The van der Waals surface area contributed by atoms with Gasteiger partial charge in [-0.15, -0.1) is 0 Å². The van der Waals surface area contributed by atoms with E-state index in [1.165, 1.54) is 14.0 Å². The zero-order valence-electron chi connectivity index (χ0n) is 11.1. The third-order valence-corrected chi connectivity index (χ3v) is 3.05. The number of esters is 1. The van der Waals surface area contributed by atoms with Crippen LogP contribution < -0.4 is 10.6 Å². The lowest BCUT2D eigenvalue weighted by molar-refractivity contribution is -0.142. The second kappa shape index (κ2) is 5.73. The number of anilines is 2. The Morgan fingerprint density at radius 3 is 2.58 bits per heavy atom. The first kappa shape index (κ1) is 13.4. The number of carbonyl (C=O) groups is 2. The van der Waals surface area contributed by atoms with Crippen LogP contribution in [-0.4, -0.2) is 25.0 Å². The number of nitrogens with one attached hydrogen (secondary N) is 2. The molecule has 0 spiro atoms. The van der Waals surface area contributed by atoms with Crippen molar-refractivity contribution in [1.29, 1.82) is 0 Å². The first-order valence-electron chi connectivity index (χ1n) is 6.32. The average Bonchev–Trinajstić information content (AvgIpc) is 3.19. The molecule has 5 heteroatoms. The molecule has 5 nitrogen and oxygen atoms in total. The van der Waals surface area contributed by atoms with Crippen LogP contribution >= 0.6 is 0 Å². The molecule has 0 aromatic heterocycles. The maximum absolute atomic E-state index is 11.7. The zero-order chi connectivity index (χ0) is 13.8. The lowest BCUT2D eigenvalue weighted by Gasteiger charge is -2.17. The van der Waals surface area contributed by atoms with E-state index in [0.29, 0.717) is 11.6 Å². The second-order valence-electron chi connectivity index (χ2n) is 4.74. The van der Waals surface area contributed by atoms with Crippen molar-refractivity contribution in [1.82, 2.24) is 0 Å². The minimum absolute atomic E-state index is 0.121. The molecule has 1 saturated carbocycles. The number of rotatable bonds is 5. The molecule has 102 valence electrons. The highest BCUT2D eigenvalue weighted by Crippen LogP contribution is 2.35. The largest absolute Gasteiger partial charge is 0.467 e. The van der Waals surface area contributed by atoms with Crippen molar-refractivity contribution in [2.24, 2.45) is 5.92 Å². The Morgan fingerprint density at radius 2 is 2.00 bits per heavy atom. The van der Waals surface area contributed by atoms with Crippen molar-refractivity contribution in [2.75, 3.05) is 17.7 Å². The number of carbonyl (C=O) groups excluding carboxylic acids is 2. The summed E-state index contributed by atoms with van der Waals surface area (Å²) in [5, 5.41) is 5.89. The summed E-state index contributed by atoms with van der Waals surface area (Å²) in [4.78, 5) is 22.7. The summed E-state index contributed by atoms with van der Waals surface area (Å²) in [6, 6.07) is 6.99. The number of benzene rings is 1. The first-order chi connectivity index (χ1) is 9.10. The average molecular weight is 262 g/mol. The van der Waals surface area contributed by atoms with E-state index in [1.807, 2.05) is 12.1 Å². The molecular formula is C14H18N2O3. The molecule has 1 aliphatic rings. The van der Waals surface area contributed by atoms with Crippen LogP contribution in [0.25, 0.3) is 0 Å². The lowest BCUT2D eigenvalue weighted by atomic mass is 10.1. The fourth-order valence-corrected chi connectivity index (χ4v) is 2.00. The van der Waals surface area contributed by atoms with Gasteiger partial charge in [0.1, 0.15) is 6.04 Å². The van der Waals surface area contributed by atoms with Gasteiger partial charge in [0.25, 0.3) is 0 Å². The van der Waals surface area contributed by atoms with Gasteiger partial charge in [0, 0.05) is 18.3 Å². The van der Waals surface area contributed by atoms with Gasteiger partial charge in [-0.05, 0) is 37.0 Å². The van der Waals surface area contributed by atoms with Gasteiger partial charge in [-0.2, -0.15) is 0 Å². The Labute approximate surface area is 112 Å². The van der Waals surface area contributed by atoms with E-state index in [4.69, 9.17) is 4.74 Å². The molecule has 19 heavy (non-hydrogen) atoms. The molecule has 1 atom stereocenters. The molecule has 1 fully saturated rings. The molecule has 1 aliphatic carbocycles. The van der Waals surface area contributed by atoms with Crippen LogP contribution in [0.5, 0.6) is 0 Å². The Kier molecular flexibility index (Phi) is 4.04. The van der Waals surface area contributed by atoms with Crippen LogP contribution in [0.1, 0.15) is 19.8 Å². The van der Waals surface area contributed by atoms with Gasteiger partial charge in [-0.1, -0.05) is 6.07 Å². The lowest BCUT2D eigenvalue weighted by Crippen LogP contribution is -2.32. The van der Waals surface area contributed by atoms with E-state index in [1.54, 1.807) is 12.1 Å². The van der Waals surface area contributed by atoms with E-state index in [2.05, 4.69) is 10.6 Å². The van der Waals surface area contributed by atoms with Crippen molar-refractivity contribution in [3.05, 3.63) is 24.3 Å². The fraction of sp³-hybridized carbons (Fsp3) is 0.429. The topological polar surface area (TPSA) is 67.4 Å². The van der Waals surface area contributed by atoms with Crippen molar-refractivity contribution in [3.8, 4) is 0 Å². The number of amides is 1. The summed E-state index contributed by atoms with van der Waals surface area (Å²) in [5.41, 5.74) is 1.51.